The molecule has 1 aromatic carbocycles. The van der Waals surface area contributed by atoms with Crippen LogP contribution in [0.4, 0.5) is 10.2 Å². The van der Waals surface area contributed by atoms with Crippen LogP contribution in [0.25, 0.3) is 0 Å². The number of rotatable bonds is 3. The number of benzene rings is 1. The first kappa shape index (κ1) is 12.2. The summed E-state index contributed by atoms with van der Waals surface area (Å²) in [5.41, 5.74) is 0.995. The molecule has 1 heterocycles. The van der Waals surface area contributed by atoms with Gasteiger partial charge in [-0.3, -0.25) is 0 Å². The van der Waals surface area contributed by atoms with E-state index in [1.807, 2.05) is 7.05 Å². The Kier molecular flexibility index (Phi) is 3.88. The molecule has 0 atom stereocenters. The lowest BCUT2D eigenvalue weighted by atomic mass is 10.1. The van der Waals surface area contributed by atoms with Crippen LogP contribution in [0.5, 0.6) is 0 Å². The van der Waals surface area contributed by atoms with Crippen molar-refractivity contribution in [2.75, 3.05) is 12.4 Å². The van der Waals surface area contributed by atoms with E-state index in [0.717, 1.165) is 20.8 Å². The Bertz CT molecular complexity index is 514. The van der Waals surface area contributed by atoms with Gasteiger partial charge in [0.15, 0.2) is 0 Å². The van der Waals surface area contributed by atoms with Gasteiger partial charge in [0.2, 0.25) is 0 Å². The highest BCUT2D eigenvalue weighted by Crippen LogP contribution is 2.15. The van der Waals surface area contributed by atoms with Gasteiger partial charge in [0, 0.05) is 19.7 Å². The zero-order valence-corrected chi connectivity index (χ0v) is 11.4. The van der Waals surface area contributed by atoms with Crippen molar-refractivity contribution in [1.82, 2.24) is 9.97 Å². The fourth-order valence-corrected chi connectivity index (χ4v) is 1.98. The van der Waals surface area contributed by atoms with Crippen molar-refractivity contribution in [2.45, 2.75) is 6.42 Å². The van der Waals surface area contributed by atoms with Crippen molar-refractivity contribution in [2.24, 2.45) is 0 Å². The van der Waals surface area contributed by atoms with Gasteiger partial charge in [-0.25, -0.2) is 14.4 Å². The number of hydrogen-bond acceptors (Lipinski definition) is 3. The Morgan fingerprint density at radius 1 is 1.29 bits per heavy atom. The molecular weight excluding hydrogens is 332 g/mol. The summed E-state index contributed by atoms with van der Waals surface area (Å²) >= 11 is 2.18. The Labute approximate surface area is 113 Å². The maximum Gasteiger partial charge on any atom is 0.142 e. The van der Waals surface area contributed by atoms with Crippen LogP contribution < -0.4 is 5.32 Å². The minimum absolute atomic E-state index is 0.229. The summed E-state index contributed by atoms with van der Waals surface area (Å²) in [5.74, 6) is 1.31. The van der Waals surface area contributed by atoms with E-state index in [-0.39, 0.29) is 5.82 Å². The second-order valence-corrected chi connectivity index (χ2v) is 4.70. The third kappa shape index (κ3) is 3.12. The molecule has 0 aliphatic rings. The van der Waals surface area contributed by atoms with Crippen molar-refractivity contribution >= 4 is 28.4 Å². The van der Waals surface area contributed by atoms with E-state index in [1.54, 1.807) is 18.3 Å². The second-order valence-electron chi connectivity index (χ2n) is 3.54. The minimum atomic E-state index is -0.229. The molecule has 2 rings (SSSR count). The molecule has 1 aromatic heterocycles. The number of anilines is 1. The van der Waals surface area contributed by atoms with Gasteiger partial charge >= 0.3 is 0 Å². The van der Waals surface area contributed by atoms with Crippen molar-refractivity contribution in [3.05, 3.63) is 51.2 Å². The van der Waals surface area contributed by atoms with E-state index in [0.29, 0.717) is 6.42 Å². The monoisotopic (exact) mass is 343 g/mol. The molecule has 0 fully saturated rings. The van der Waals surface area contributed by atoms with Gasteiger partial charge in [0.25, 0.3) is 0 Å². The van der Waals surface area contributed by atoms with Gasteiger partial charge in [0.05, 0.1) is 3.57 Å². The van der Waals surface area contributed by atoms with Crippen LogP contribution >= 0.6 is 22.6 Å². The van der Waals surface area contributed by atoms with E-state index in [9.17, 15) is 4.39 Å². The molecule has 5 heteroatoms. The maximum absolute atomic E-state index is 12.8. The first-order valence-electron chi connectivity index (χ1n) is 5.12. The highest BCUT2D eigenvalue weighted by molar-refractivity contribution is 14.1. The Hall–Kier alpha value is -1.24. The van der Waals surface area contributed by atoms with Crippen LogP contribution in [0, 0.1) is 9.39 Å². The largest absolute Gasteiger partial charge is 0.372 e. The Morgan fingerprint density at radius 3 is 2.65 bits per heavy atom. The maximum atomic E-state index is 12.8. The predicted octanol–water partition coefficient (Wildman–Crippen LogP) is 2.85. The molecule has 1 N–H and O–H groups in total. The molecular formula is C12H11FIN3. The molecule has 3 nitrogen and oxygen atoms in total. The molecule has 17 heavy (non-hydrogen) atoms. The molecule has 0 saturated carbocycles. The van der Waals surface area contributed by atoms with E-state index < -0.39 is 0 Å². The molecule has 0 bridgehead atoms. The van der Waals surface area contributed by atoms with E-state index >= 15 is 0 Å². The van der Waals surface area contributed by atoms with Crippen molar-refractivity contribution in [3.63, 3.8) is 0 Å². The molecule has 2 aromatic rings. The summed E-state index contributed by atoms with van der Waals surface area (Å²) in [6, 6.07) is 6.38. The van der Waals surface area contributed by atoms with Crippen LogP contribution in [0.15, 0.2) is 30.5 Å². The first-order chi connectivity index (χ1) is 8.19. The van der Waals surface area contributed by atoms with E-state index in [4.69, 9.17) is 0 Å². The normalized spacial score (nSPS) is 10.3. The number of nitrogens with one attached hydrogen (secondary N) is 1. The quantitative estimate of drug-likeness (QED) is 0.871. The smallest absolute Gasteiger partial charge is 0.142 e. The summed E-state index contributed by atoms with van der Waals surface area (Å²) in [7, 11) is 1.83. The van der Waals surface area contributed by atoms with Crippen LogP contribution in [-0.4, -0.2) is 17.0 Å². The van der Waals surface area contributed by atoms with E-state index in [2.05, 4.69) is 37.9 Å². The fraction of sp³-hybridized carbons (Fsp3) is 0.167. The lowest BCUT2D eigenvalue weighted by Crippen LogP contribution is -2.02. The lowest BCUT2D eigenvalue weighted by Gasteiger charge is -2.05. The SMILES string of the molecule is CNc1nc(Cc2ccc(F)cc2)ncc1I. The summed E-state index contributed by atoms with van der Waals surface area (Å²) in [6.07, 6.45) is 2.38. The summed E-state index contributed by atoms with van der Waals surface area (Å²) in [5, 5.41) is 3.01. The number of aromatic nitrogens is 2. The lowest BCUT2D eigenvalue weighted by molar-refractivity contribution is 0.627. The molecule has 0 aliphatic carbocycles. The van der Waals surface area contributed by atoms with Gasteiger partial charge in [-0.2, -0.15) is 0 Å². The highest BCUT2D eigenvalue weighted by atomic mass is 127. The van der Waals surface area contributed by atoms with Crippen LogP contribution in [0.2, 0.25) is 0 Å². The van der Waals surface area contributed by atoms with Gasteiger partial charge in [-0.05, 0) is 40.3 Å². The topological polar surface area (TPSA) is 37.8 Å². The summed E-state index contributed by atoms with van der Waals surface area (Å²) in [6.45, 7) is 0. The third-order valence-corrected chi connectivity index (χ3v) is 3.10. The van der Waals surface area contributed by atoms with Gasteiger partial charge < -0.3 is 5.32 Å². The second kappa shape index (κ2) is 5.39. The summed E-state index contributed by atoms with van der Waals surface area (Å²) < 4.78 is 13.7. The van der Waals surface area contributed by atoms with Gasteiger partial charge in [0.1, 0.15) is 17.5 Å². The van der Waals surface area contributed by atoms with Crippen LogP contribution in [0.3, 0.4) is 0 Å². The molecule has 88 valence electrons. The van der Waals surface area contributed by atoms with Crippen molar-refractivity contribution in [1.29, 1.82) is 0 Å². The average Bonchev–Trinajstić information content (AvgIpc) is 2.34. The van der Waals surface area contributed by atoms with Gasteiger partial charge in [-0.1, -0.05) is 12.1 Å². The summed E-state index contributed by atoms with van der Waals surface area (Å²) in [4.78, 5) is 8.64. The zero-order valence-electron chi connectivity index (χ0n) is 9.24. The third-order valence-electron chi connectivity index (χ3n) is 2.31. The van der Waals surface area contributed by atoms with E-state index in [1.165, 1.54) is 12.1 Å². The molecule has 0 unspecified atom stereocenters. The van der Waals surface area contributed by atoms with Gasteiger partial charge in [-0.15, -0.1) is 0 Å². The fourth-order valence-electron chi connectivity index (χ4n) is 1.45. The Morgan fingerprint density at radius 2 is 2.00 bits per heavy atom. The average molecular weight is 343 g/mol. The first-order valence-corrected chi connectivity index (χ1v) is 6.20. The number of nitrogens with zero attached hydrogens (tertiary/aromatic N) is 2. The predicted molar refractivity (Wildman–Crippen MR) is 73.5 cm³/mol. The zero-order chi connectivity index (χ0) is 12.3. The van der Waals surface area contributed by atoms with Crippen LogP contribution in [0.1, 0.15) is 11.4 Å². The molecule has 0 spiro atoms. The minimum Gasteiger partial charge on any atom is -0.372 e. The number of halogens is 2. The number of hydrogen-bond donors (Lipinski definition) is 1. The highest BCUT2D eigenvalue weighted by Gasteiger charge is 2.04. The molecule has 0 aliphatic heterocycles. The molecule has 0 radical (unpaired) electrons. The molecule has 0 amide bonds. The molecule has 0 saturated heterocycles. The standard InChI is InChI=1S/C12H11FIN3/c1-15-12-10(14)7-16-11(17-12)6-8-2-4-9(13)5-3-8/h2-5,7H,6H2,1H3,(H,15,16,17). The Balaban J connectivity index is 2.21. The van der Waals surface area contributed by atoms with Crippen LogP contribution in [-0.2, 0) is 6.42 Å². The van der Waals surface area contributed by atoms with Crippen molar-refractivity contribution < 1.29 is 4.39 Å². The van der Waals surface area contributed by atoms with Crippen molar-refractivity contribution in [3.8, 4) is 0 Å².